The van der Waals surface area contributed by atoms with E-state index in [4.69, 9.17) is 11.6 Å². The molecule has 0 radical (unpaired) electrons. The van der Waals surface area contributed by atoms with Crippen LogP contribution in [0.15, 0.2) is 52.7 Å². The van der Waals surface area contributed by atoms with Crippen LogP contribution in [0.5, 0.6) is 0 Å². The molecule has 10 heteroatoms. The lowest BCUT2D eigenvalue weighted by Crippen LogP contribution is -2.51. The number of carbonyl (C=O) groups excluding carboxylic acids is 1. The molecule has 0 spiro atoms. The van der Waals surface area contributed by atoms with Crippen molar-refractivity contribution in [2.45, 2.75) is 24.9 Å². The van der Waals surface area contributed by atoms with Gasteiger partial charge in [0.1, 0.15) is 0 Å². The number of anilines is 1. The van der Waals surface area contributed by atoms with E-state index in [1.165, 1.54) is 24.3 Å². The van der Waals surface area contributed by atoms with Gasteiger partial charge in [0.2, 0.25) is 0 Å². The highest BCUT2D eigenvalue weighted by atomic mass is 35.5. The number of hydrogen-bond acceptors (Lipinski definition) is 3. The zero-order valence-electron chi connectivity index (χ0n) is 14.2. The van der Waals surface area contributed by atoms with Crippen molar-refractivity contribution in [3.8, 4) is 0 Å². The quantitative estimate of drug-likeness (QED) is 0.486. The van der Waals surface area contributed by atoms with Crippen LogP contribution < -0.4 is 4.90 Å². The van der Waals surface area contributed by atoms with E-state index >= 15 is 0 Å². The summed E-state index contributed by atoms with van der Waals surface area (Å²) in [4.78, 5) is 14.2. The van der Waals surface area contributed by atoms with E-state index in [2.05, 4.69) is 4.74 Å². The number of halogens is 7. The molecule has 0 saturated heterocycles. The predicted molar refractivity (Wildman–Crippen MR) is 90.4 cm³/mol. The van der Waals surface area contributed by atoms with Gasteiger partial charge in [-0.25, -0.2) is 13.6 Å². The maximum absolute atomic E-state index is 14.0. The topological polar surface area (TPSA) is 29.5 Å². The average molecular weight is 424 g/mol. The third-order valence-corrected chi connectivity index (χ3v) is 4.65. The summed E-state index contributed by atoms with van der Waals surface area (Å²) in [6, 6.07) is 6.08. The Morgan fingerprint density at radius 2 is 1.82 bits per heavy atom. The van der Waals surface area contributed by atoms with Crippen LogP contribution in [-0.2, 0) is 9.53 Å². The maximum Gasteiger partial charge on any atom is 0.466 e. The van der Waals surface area contributed by atoms with Crippen molar-refractivity contribution in [2.24, 2.45) is 0 Å². The van der Waals surface area contributed by atoms with Crippen LogP contribution in [-0.4, -0.2) is 31.5 Å². The molecule has 0 saturated carbocycles. The summed E-state index contributed by atoms with van der Waals surface area (Å²) in [5, 5.41) is 0.257. The van der Waals surface area contributed by atoms with E-state index in [9.17, 15) is 31.1 Å². The molecule has 1 aromatic carbocycles. The third kappa shape index (κ3) is 3.17. The van der Waals surface area contributed by atoms with Crippen molar-refractivity contribution in [1.82, 2.24) is 0 Å². The molecule has 0 fully saturated rings. The highest BCUT2D eigenvalue weighted by Crippen LogP contribution is 2.46. The van der Waals surface area contributed by atoms with Gasteiger partial charge in [0.05, 0.1) is 5.57 Å². The minimum atomic E-state index is -6.12. The number of nitrogens with zero attached hydrogens (tertiary/aromatic N) is 1. The summed E-state index contributed by atoms with van der Waals surface area (Å²) in [5.41, 5.74) is 0.635. The number of fused-ring (bicyclic) bond motifs is 2. The van der Waals surface area contributed by atoms with Crippen LogP contribution in [0.1, 0.15) is 12.0 Å². The lowest BCUT2D eigenvalue weighted by molar-refractivity contribution is -0.354. The van der Waals surface area contributed by atoms with Gasteiger partial charge in [-0.15, -0.1) is 0 Å². The first-order valence-electron chi connectivity index (χ1n) is 7.87. The van der Waals surface area contributed by atoms with Gasteiger partial charge in [-0.1, -0.05) is 29.8 Å². The molecule has 0 N–H and O–H groups in total. The fraction of sp³-hybridized carbons (Fsp3) is 0.278. The fourth-order valence-electron chi connectivity index (χ4n) is 3.03. The number of para-hydroxylation sites is 1. The molecule has 0 amide bonds. The number of hydrogen-bond donors (Lipinski definition) is 0. The van der Waals surface area contributed by atoms with Gasteiger partial charge in [0.25, 0.3) is 0 Å². The van der Waals surface area contributed by atoms with Crippen molar-refractivity contribution in [2.75, 3.05) is 11.9 Å². The van der Waals surface area contributed by atoms with Crippen molar-refractivity contribution < 1.29 is 35.9 Å². The number of rotatable bonds is 3. The van der Waals surface area contributed by atoms with Gasteiger partial charge in [-0.3, -0.25) is 0 Å². The number of likely N-dealkylation sites (N-methyl/N-ethyl adjacent to an activating group) is 1. The summed E-state index contributed by atoms with van der Waals surface area (Å²) < 4.78 is 81.9. The number of benzene rings is 1. The molecule has 0 bridgehead atoms. The monoisotopic (exact) mass is 423 g/mol. The van der Waals surface area contributed by atoms with E-state index < -0.39 is 30.0 Å². The molecule has 150 valence electrons. The Morgan fingerprint density at radius 3 is 2.43 bits per heavy atom. The zero-order chi connectivity index (χ0) is 20.9. The summed E-state index contributed by atoms with van der Waals surface area (Å²) in [6.07, 6.45) is -7.74. The molecule has 1 atom stereocenters. The Morgan fingerprint density at radius 1 is 1.18 bits per heavy atom. The molecule has 0 aromatic heterocycles. The smallest absolute Gasteiger partial charge is 0.411 e. The summed E-state index contributed by atoms with van der Waals surface area (Å²) in [6.45, 7) is 0. The van der Waals surface area contributed by atoms with Gasteiger partial charge in [0, 0.05) is 35.4 Å². The standard InChI is InChI=1S/C18H12ClF6NO2/c1-26-12-5-3-2-4-10(12)14(11-8-9(19)6-7-13(11)26)15(27)28-17(22,16(20)21)18(23,24)25/h2-7,16H,8H2,1H3. The van der Waals surface area contributed by atoms with Crippen molar-refractivity contribution in [3.63, 3.8) is 0 Å². The minimum Gasteiger partial charge on any atom is -0.411 e. The molecular formula is C18H12ClF6NO2. The molecule has 3 nitrogen and oxygen atoms in total. The molecule has 2 aliphatic rings. The van der Waals surface area contributed by atoms with Crippen LogP contribution in [0.25, 0.3) is 5.57 Å². The second kappa shape index (κ2) is 6.88. The Hall–Kier alpha value is -2.42. The Kier molecular flexibility index (Phi) is 4.99. The van der Waals surface area contributed by atoms with E-state index in [0.717, 1.165) is 0 Å². The summed E-state index contributed by atoms with van der Waals surface area (Å²) >= 11 is 5.98. The molecule has 28 heavy (non-hydrogen) atoms. The van der Waals surface area contributed by atoms with Crippen LogP contribution in [0.2, 0.25) is 0 Å². The average Bonchev–Trinajstić information content (AvgIpc) is 2.60. The van der Waals surface area contributed by atoms with Crippen LogP contribution in [0.4, 0.5) is 32.0 Å². The summed E-state index contributed by atoms with van der Waals surface area (Å²) in [5.74, 6) is -7.29. The molecule has 1 heterocycles. The minimum absolute atomic E-state index is 0.0590. The SMILES string of the molecule is CN1C2=CC=C(Cl)CC2=C(C(=O)OC(F)(C(F)F)C(F)(F)F)c2ccccc21. The van der Waals surface area contributed by atoms with Gasteiger partial charge in [0.15, 0.2) is 0 Å². The van der Waals surface area contributed by atoms with Crippen molar-refractivity contribution >= 4 is 28.8 Å². The van der Waals surface area contributed by atoms with Gasteiger partial charge < -0.3 is 9.64 Å². The van der Waals surface area contributed by atoms with Crippen LogP contribution >= 0.6 is 11.6 Å². The maximum atomic E-state index is 14.0. The van der Waals surface area contributed by atoms with E-state index in [-0.39, 0.29) is 22.6 Å². The second-order valence-electron chi connectivity index (χ2n) is 6.10. The molecular weight excluding hydrogens is 412 g/mol. The highest BCUT2D eigenvalue weighted by Gasteiger charge is 2.67. The first-order valence-corrected chi connectivity index (χ1v) is 8.25. The predicted octanol–water partition coefficient (Wildman–Crippen LogP) is 5.34. The molecule has 1 aliphatic heterocycles. The van der Waals surface area contributed by atoms with Gasteiger partial charge in [-0.05, 0) is 23.8 Å². The first kappa shape index (κ1) is 20.3. The summed E-state index contributed by atoms with van der Waals surface area (Å²) in [7, 11) is 1.65. The molecule has 1 aromatic rings. The number of carbonyl (C=O) groups is 1. The number of esters is 1. The zero-order valence-corrected chi connectivity index (χ0v) is 14.9. The Bertz CT molecular complexity index is 921. The lowest BCUT2D eigenvalue weighted by Gasteiger charge is -2.35. The first-order chi connectivity index (χ1) is 13.0. The highest BCUT2D eigenvalue weighted by molar-refractivity contribution is 6.30. The fourth-order valence-corrected chi connectivity index (χ4v) is 3.23. The van der Waals surface area contributed by atoms with Gasteiger partial charge >= 0.3 is 24.4 Å². The number of alkyl halides is 6. The molecule has 3 rings (SSSR count). The normalized spacial score (nSPS) is 18.8. The van der Waals surface area contributed by atoms with Crippen molar-refractivity contribution in [3.05, 3.63) is 58.3 Å². The van der Waals surface area contributed by atoms with E-state index in [0.29, 0.717) is 11.4 Å². The van der Waals surface area contributed by atoms with Crippen molar-refractivity contribution in [1.29, 1.82) is 0 Å². The van der Waals surface area contributed by atoms with Crippen LogP contribution in [0, 0.1) is 0 Å². The van der Waals surface area contributed by atoms with E-state index in [1.807, 2.05) is 0 Å². The largest absolute Gasteiger partial charge is 0.466 e. The second-order valence-corrected chi connectivity index (χ2v) is 6.59. The van der Waals surface area contributed by atoms with E-state index in [1.54, 1.807) is 24.1 Å². The number of ether oxygens (including phenoxy) is 1. The molecule has 1 unspecified atom stereocenters. The van der Waals surface area contributed by atoms with Crippen LogP contribution in [0.3, 0.4) is 0 Å². The lowest BCUT2D eigenvalue weighted by atomic mass is 9.87. The number of allylic oxidation sites excluding steroid dienone is 4. The Balaban J connectivity index is 2.15. The van der Waals surface area contributed by atoms with Gasteiger partial charge in [-0.2, -0.15) is 17.6 Å². The third-order valence-electron chi connectivity index (χ3n) is 4.39. The molecule has 1 aliphatic carbocycles. The Labute approximate surface area is 160 Å².